The van der Waals surface area contributed by atoms with Crippen molar-refractivity contribution in [2.75, 3.05) is 20.1 Å². The van der Waals surface area contributed by atoms with Crippen LogP contribution in [-0.4, -0.2) is 59.3 Å². The van der Waals surface area contributed by atoms with Crippen molar-refractivity contribution in [2.24, 2.45) is 4.99 Å². The fourth-order valence-electron chi connectivity index (χ4n) is 3.39. The summed E-state index contributed by atoms with van der Waals surface area (Å²) >= 11 is 0. The maximum Gasteiger partial charge on any atom is 0.387 e. The van der Waals surface area contributed by atoms with E-state index in [-0.39, 0.29) is 5.75 Å². The lowest BCUT2D eigenvalue weighted by atomic mass is 9.85. The van der Waals surface area contributed by atoms with Gasteiger partial charge in [-0.25, -0.2) is 0 Å². The number of aliphatic hydroxyl groups is 1. The molecule has 0 saturated carbocycles. The summed E-state index contributed by atoms with van der Waals surface area (Å²) in [6, 6.07) is 3.77. The Labute approximate surface area is 150 Å². The summed E-state index contributed by atoms with van der Waals surface area (Å²) in [4.78, 5) is 7.46. The molecule has 1 saturated heterocycles. The van der Waals surface area contributed by atoms with Crippen LogP contribution in [0.25, 0.3) is 0 Å². The van der Waals surface area contributed by atoms with Crippen LogP contribution in [-0.2, 0) is 0 Å². The van der Waals surface area contributed by atoms with Gasteiger partial charge < -0.3 is 24.4 Å². The summed E-state index contributed by atoms with van der Waals surface area (Å²) in [5.41, 5.74) is -0.405. The standard InChI is InChI=1S/C17H20F2N4O3/c1-17(2)14(24)13(23-7-6-22(3)16(23)21-9-20)11-8-10(25-15(18)19)4-5-12(11)26-17/h4-5,8,13-15,24H,6-7H2,1-3H3. The number of aliphatic imine (C=N–C) groups is 1. The quantitative estimate of drug-likeness (QED) is 0.824. The molecule has 140 valence electrons. The van der Waals surface area contributed by atoms with Crippen LogP contribution in [0.5, 0.6) is 11.5 Å². The van der Waals surface area contributed by atoms with Crippen molar-refractivity contribution < 1.29 is 23.4 Å². The summed E-state index contributed by atoms with van der Waals surface area (Å²) in [7, 11) is 1.80. The topological polar surface area (TPSA) is 81.3 Å². The van der Waals surface area contributed by atoms with Crippen molar-refractivity contribution in [3.8, 4) is 17.7 Å². The zero-order chi connectivity index (χ0) is 19.1. The Balaban J connectivity index is 2.09. The van der Waals surface area contributed by atoms with Gasteiger partial charge in [0.2, 0.25) is 12.2 Å². The molecular formula is C17H20F2N4O3. The van der Waals surface area contributed by atoms with Crippen molar-refractivity contribution in [2.45, 2.75) is 38.2 Å². The highest BCUT2D eigenvalue weighted by atomic mass is 19.3. The number of hydrogen-bond acceptors (Lipinski definition) is 5. The molecule has 2 unspecified atom stereocenters. The molecule has 0 amide bonds. The van der Waals surface area contributed by atoms with E-state index >= 15 is 0 Å². The maximum absolute atomic E-state index is 12.6. The Morgan fingerprint density at radius 2 is 2.15 bits per heavy atom. The molecular weight excluding hydrogens is 346 g/mol. The van der Waals surface area contributed by atoms with Crippen molar-refractivity contribution in [3.05, 3.63) is 23.8 Å². The van der Waals surface area contributed by atoms with Crippen LogP contribution in [0.3, 0.4) is 0 Å². The van der Waals surface area contributed by atoms with Crippen LogP contribution in [0.15, 0.2) is 23.2 Å². The second-order valence-corrected chi connectivity index (χ2v) is 6.80. The van der Waals surface area contributed by atoms with Crippen molar-refractivity contribution in [1.82, 2.24) is 9.80 Å². The zero-order valence-electron chi connectivity index (χ0n) is 14.7. The molecule has 1 aromatic rings. The van der Waals surface area contributed by atoms with Crippen LogP contribution in [0, 0.1) is 11.5 Å². The summed E-state index contributed by atoms with van der Waals surface area (Å²) < 4.78 is 35.5. The number of hydrogen-bond donors (Lipinski definition) is 1. The minimum atomic E-state index is -2.95. The van der Waals surface area contributed by atoms with Gasteiger partial charge in [-0.1, -0.05) is 0 Å². The lowest BCUT2D eigenvalue weighted by molar-refractivity contribution is -0.0809. The molecule has 1 aromatic carbocycles. The number of guanidine groups is 1. The molecule has 0 bridgehead atoms. The molecule has 0 radical (unpaired) electrons. The van der Waals surface area contributed by atoms with Gasteiger partial charge in [-0.2, -0.15) is 14.0 Å². The minimum absolute atomic E-state index is 0.0226. The number of nitriles is 1. The predicted molar refractivity (Wildman–Crippen MR) is 88.9 cm³/mol. The molecule has 2 heterocycles. The molecule has 7 nitrogen and oxygen atoms in total. The fourth-order valence-corrected chi connectivity index (χ4v) is 3.39. The van der Waals surface area contributed by atoms with Crippen LogP contribution >= 0.6 is 0 Å². The van der Waals surface area contributed by atoms with Crippen molar-refractivity contribution in [1.29, 1.82) is 5.26 Å². The van der Waals surface area contributed by atoms with E-state index in [1.807, 2.05) is 0 Å². The zero-order valence-corrected chi connectivity index (χ0v) is 14.7. The first-order chi connectivity index (χ1) is 12.2. The number of ether oxygens (including phenoxy) is 2. The lowest BCUT2D eigenvalue weighted by Gasteiger charge is -2.45. The maximum atomic E-state index is 12.6. The van der Waals surface area contributed by atoms with Crippen molar-refractivity contribution in [3.63, 3.8) is 0 Å². The highest BCUT2D eigenvalue weighted by Crippen LogP contribution is 2.45. The molecule has 1 N–H and O–H groups in total. The lowest BCUT2D eigenvalue weighted by Crippen LogP contribution is -2.54. The molecule has 3 rings (SSSR count). The first-order valence-corrected chi connectivity index (χ1v) is 8.15. The van der Waals surface area contributed by atoms with Crippen LogP contribution in [0.1, 0.15) is 25.5 Å². The Morgan fingerprint density at radius 3 is 2.81 bits per heavy atom. The average Bonchev–Trinajstić information content (AvgIpc) is 2.90. The van der Waals surface area contributed by atoms with Gasteiger partial charge in [-0.05, 0) is 32.0 Å². The van der Waals surface area contributed by atoms with Gasteiger partial charge in [0.05, 0.1) is 6.04 Å². The number of rotatable bonds is 3. The first-order valence-electron chi connectivity index (χ1n) is 8.15. The Hall–Kier alpha value is -2.60. The first kappa shape index (κ1) is 18.2. The smallest absolute Gasteiger partial charge is 0.387 e. The number of benzene rings is 1. The third-order valence-electron chi connectivity index (χ3n) is 4.67. The van der Waals surface area contributed by atoms with Gasteiger partial charge in [0.15, 0.2) is 0 Å². The van der Waals surface area contributed by atoms with E-state index in [9.17, 15) is 13.9 Å². The van der Waals surface area contributed by atoms with Gasteiger partial charge in [0.1, 0.15) is 23.2 Å². The van der Waals surface area contributed by atoms with E-state index in [0.29, 0.717) is 30.4 Å². The normalized spacial score (nSPS) is 25.8. The molecule has 2 aliphatic heterocycles. The third-order valence-corrected chi connectivity index (χ3v) is 4.67. The monoisotopic (exact) mass is 366 g/mol. The second kappa shape index (κ2) is 6.61. The van der Waals surface area contributed by atoms with Crippen LogP contribution in [0.4, 0.5) is 8.78 Å². The van der Waals surface area contributed by atoms with E-state index in [2.05, 4.69) is 9.73 Å². The summed E-state index contributed by atoms with van der Waals surface area (Å²) in [5, 5.41) is 19.9. The van der Waals surface area contributed by atoms with Gasteiger partial charge in [-0.3, -0.25) is 0 Å². The highest BCUT2D eigenvalue weighted by molar-refractivity contribution is 5.83. The molecule has 0 aromatic heterocycles. The van der Waals surface area contributed by atoms with Crippen LogP contribution < -0.4 is 9.47 Å². The van der Waals surface area contributed by atoms with Gasteiger partial charge >= 0.3 is 6.61 Å². The predicted octanol–water partition coefficient (Wildman–Crippen LogP) is 1.95. The summed E-state index contributed by atoms with van der Waals surface area (Å²) in [6.07, 6.45) is 0.795. The van der Waals surface area contributed by atoms with Crippen LogP contribution in [0.2, 0.25) is 0 Å². The number of halogens is 2. The fraction of sp³-hybridized carbons (Fsp3) is 0.529. The SMILES string of the molecule is CN1CCN(C2c3cc(OC(F)F)ccc3OC(C)(C)C2O)C1=NC#N. The molecule has 9 heteroatoms. The number of nitrogens with zero attached hydrogens (tertiary/aromatic N) is 4. The second-order valence-electron chi connectivity index (χ2n) is 6.80. The van der Waals surface area contributed by atoms with Gasteiger partial charge in [-0.15, -0.1) is 4.99 Å². The van der Waals surface area contributed by atoms with Gasteiger partial charge in [0.25, 0.3) is 0 Å². The highest BCUT2D eigenvalue weighted by Gasteiger charge is 2.48. The van der Waals surface area contributed by atoms with E-state index in [4.69, 9.17) is 10.00 Å². The third kappa shape index (κ3) is 3.12. The van der Waals surface area contributed by atoms with E-state index in [0.717, 1.165) is 0 Å². The largest absolute Gasteiger partial charge is 0.485 e. The number of likely N-dealkylation sites (N-methyl/N-ethyl adjacent to an activating group) is 1. The molecule has 0 spiro atoms. The Bertz CT molecular complexity index is 763. The number of alkyl halides is 2. The number of aliphatic hydroxyl groups excluding tert-OH is 1. The Kier molecular flexibility index (Phi) is 4.63. The van der Waals surface area contributed by atoms with E-state index in [1.54, 1.807) is 43.0 Å². The molecule has 26 heavy (non-hydrogen) atoms. The van der Waals surface area contributed by atoms with Crippen molar-refractivity contribution >= 4 is 5.96 Å². The minimum Gasteiger partial charge on any atom is -0.485 e. The van der Waals surface area contributed by atoms with E-state index in [1.165, 1.54) is 12.1 Å². The Morgan fingerprint density at radius 1 is 1.42 bits per heavy atom. The van der Waals surface area contributed by atoms with Gasteiger partial charge in [0, 0.05) is 25.7 Å². The molecule has 0 aliphatic carbocycles. The number of fused-ring (bicyclic) bond motifs is 1. The molecule has 2 aliphatic rings. The summed E-state index contributed by atoms with van der Waals surface area (Å²) in [6.45, 7) is 1.68. The van der Waals surface area contributed by atoms with E-state index < -0.39 is 24.4 Å². The molecule has 1 fully saturated rings. The summed E-state index contributed by atoms with van der Waals surface area (Å²) in [5.74, 6) is 0.865. The average molecular weight is 366 g/mol. The molecule has 2 atom stereocenters.